The van der Waals surface area contributed by atoms with Crippen LogP contribution in [0.15, 0.2) is 71.6 Å². The van der Waals surface area contributed by atoms with Crippen LogP contribution in [0.1, 0.15) is 39.5 Å². The Labute approximate surface area is 193 Å². The molecule has 0 spiro atoms. The summed E-state index contributed by atoms with van der Waals surface area (Å²) in [5.74, 6) is 0.254. The fourth-order valence-corrected chi connectivity index (χ4v) is 5.56. The predicted molar refractivity (Wildman–Crippen MR) is 126 cm³/mol. The number of hydrogen-bond acceptors (Lipinski definition) is 5. The van der Waals surface area contributed by atoms with Gasteiger partial charge in [0.2, 0.25) is 10.0 Å². The van der Waals surface area contributed by atoms with Crippen LogP contribution >= 0.6 is 0 Å². The van der Waals surface area contributed by atoms with Crippen molar-refractivity contribution in [2.45, 2.75) is 36.8 Å². The Morgan fingerprint density at radius 1 is 1.06 bits per heavy atom. The van der Waals surface area contributed by atoms with Crippen LogP contribution in [0.4, 0.5) is 5.69 Å². The number of aryl methyl sites for hydroxylation is 2. The Morgan fingerprint density at radius 3 is 2.61 bits per heavy atom. The number of aliphatic hydroxyl groups excluding tert-OH is 1. The van der Waals surface area contributed by atoms with Gasteiger partial charge in [0.05, 0.1) is 24.2 Å². The number of carbonyl (C=O) groups is 1. The van der Waals surface area contributed by atoms with Crippen LogP contribution in [0.5, 0.6) is 5.75 Å². The molecule has 3 aromatic carbocycles. The van der Waals surface area contributed by atoms with Crippen molar-refractivity contribution in [1.29, 1.82) is 0 Å². The largest absolute Gasteiger partial charge is 0.497 e. The van der Waals surface area contributed by atoms with Crippen molar-refractivity contribution in [1.82, 2.24) is 4.72 Å². The highest BCUT2D eigenvalue weighted by Crippen LogP contribution is 2.34. The molecule has 1 aliphatic carbocycles. The number of methoxy groups -OCH3 is 1. The molecule has 0 aromatic heterocycles. The second-order valence-corrected chi connectivity index (χ2v) is 9.75. The van der Waals surface area contributed by atoms with Gasteiger partial charge in [0.15, 0.2) is 0 Å². The van der Waals surface area contributed by atoms with Crippen molar-refractivity contribution >= 4 is 21.6 Å². The Hall–Kier alpha value is -3.20. The van der Waals surface area contributed by atoms with Gasteiger partial charge in [-0.15, -0.1) is 0 Å². The lowest BCUT2D eigenvalue weighted by atomic mass is 9.86. The number of benzene rings is 3. The van der Waals surface area contributed by atoms with Crippen LogP contribution in [-0.4, -0.2) is 32.6 Å². The highest BCUT2D eigenvalue weighted by Gasteiger charge is 2.33. The van der Waals surface area contributed by atoms with Gasteiger partial charge in [-0.1, -0.05) is 30.3 Å². The lowest BCUT2D eigenvalue weighted by Crippen LogP contribution is -2.39. The fraction of sp³-hybridized carbons (Fsp3) is 0.240. The molecule has 0 radical (unpaired) electrons. The molecule has 1 amide bonds. The van der Waals surface area contributed by atoms with E-state index in [-0.39, 0.29) is 10.8 Å². The quantitative estimate of drug-likeness (QED) is 0.515. The molecule has 8 heteroatoms. The van der Waals surface area contributed by atoms with E-state index in [4.69, 9.17) is 4.74 Å². The summed E-state index contributed by atoms with van der Waals surface area (Å²) in [6.45, 7) is 1.73. The molecule has 4 rings (SSSR count). The number of nitrogens with one attached hydrogen (secondary N) is 2. The summed E-state index contributed by atoms with van der Waals surface area (Å²) < 4.78 is 34.0. The summed E-state index contributed by atoms with van der Waals surface area (Å²) in [6.07, 6.45) is 0.160. The van der Waals surface area contributed by atoms with Crippen LogP contribution in [0.3, 0.4) is 0 Å². The number of anilines is 1. The van der Waals surface area contributed by atoms with Crippen LogP contribution in [-0.2, 0) is 16.4 Å². The molecule has 0 saturated heterocycles. The minimum Gasteiger partial charge on any atom is -0.497 e. The first kappa shape index (κ1) is 23.0. The van der Waals surface area contributed by atoms with Gasteiger partial charge in [0, 0.05) is 11.3 Å². The van der Waals surface area contributed by atoms with Crippen LogP contribution in [0, 0.1) is 6.92 Å². The average Bonchev–Trinajstić information content (AvgIpc) is 2.81. The third-order valence-electron chi connectivity index (χ3n) is 5.83. The third-order valence-corrected chi connectivity index (χ3v) is 7.43. The van der Waals surface area contributed by atoms with Crippen molar-refractivity contribution < 1.29 is 23.1 Å². The number of aliphatic hydroxyl groups is 1. The highest BCUT2D eigenvalue weighted by molar-refractivity contribution is 7.89. The van der Waals surface area contributed by atoms with Crippen molar-refractivity contribution in [3.63, 3.8) is 0 Å². The smallest absolute Gasteiger partial charge is 0.255 e. The number of sulfonamides is 1. The van der Waals surface area contributed by atoms with Gasteiger partial charge < -0.3 is 15.2 Å². The zero-order chi connectivity index (χ0) is 23.6. The van der Waals surface area contributed by atoms with Gasteiger partial charge in [-0.25, -0.2) is 13.1 Å². The number of hydrogen-bond donors (Lipinski definition) is 3. The maximum Gasteiger partial charge on any atom is 0.255 e. The Kier molecular flexibility index (Phi) is 6.51. The molecular weight excluding hydrogens is 440 g/mol. The van der Waals surface area contributed by atoms with Gasteiger partial charge in [-0.05, 0) is 72.9 Å². The minimum atomic E-state index is -3.86. The summed E-state index contributed by atoms with van der Waals surface area (Å²) in [4.78, 5) is 12.9. The minimum absolute atomic E-state index is 0.173. The Balaban J connectivity index is 1.62. The number of amides is 1. The van der Waals surface area contributed by atoms with Gasteiger partial charge in [0.1, 0.15) is 5.75 Å². The van der Waals surface area contributed by atoms with Crippen LogP contribution in [0.2, 0.25) is 0 Å². The van der Waals surface area contributed by atoms with E-state index in [1.165, 1.54) is 7.11 Å². The maximum atomic E-state index is 13.1. The second kappa shape index (κ2) is 9.35. The second-order valence-electron chi connectivity index (χ2n) is 8.07. The zero-order valence-electron chi connectivity index (χ0n) is 18.4. The molecule has 0 heterocycles. The molecule has 1 aliphatic rings. The van der Waals surface area contributed by atoms with Crippen molar-refractivity contribution in [3.8, 4) is 5.75 Å². The summed E-state index contributed by atoms with van der Waals surface area (Å²) in [5, 5.41) is 13.5. The molecule has 33 heavy (non-hydrogen) atoms. The summed E-state index contributed by atoms with van der Waals surface area (Å²) in [7, 11) is -2.33. The Bertz CT molecular complexity index is 1290. The molecular formula is C25H26N2O5S. The first-order chi connectivity index (χ1) is 15.8. The molecule has 7 nitrogen and oxygen atoms in total. The molecule has 0 fully saturated rings. The number of rotatable bonds is 6. The van der Waals surface area contributed by atoms with E-state index in [2.05, 4.69) is 10.0 Å². The van der Waals surface area contributed by atoms with Gasteiger partial charge >= 0.3 is 0 Å². The lowest BCUT2D eigenvalue weighted by molar-refractivity contribution is 0.102. The molecule has 0 unspecified atom stereocenters. The summed E-state index contributed by atoms with van der Waals surface area (Å²) in [6, 6.07) is 18.0. The third kappa shape index (κ3) is 4.93. The molecule has 172 valence electrons. The van der Waals surface area contributed by atoms with Crippen molar-refractivity contribution in [3.05, 3.63) is 89.0 Å². The lowest BCUT2D eigenvalue weighted by Gasteiger charge is -2.31. The molecule has 2 atom stereocenters. The highest BCUT2D eigenvalue weighted by atomic mass is 32.2. The molecule has 0 aliphatic heterocycles. The van der Waals surface area contributed by atoms with E-state index in [1.54, 1.807) is 67.6 Å². The number of fused-ring (bicyclic) bond motifs is 1. The first-order valence-corrected chi connectivity index (χ1v) is 12.1. The van der Waals surface area contributed by atoms with E-state index in [0.29, 0.717) is 41.0 Å². The normalized spacial score (nSPS) is 17.8. The van der Waals surface area contributed by atoms with Gasteiger partial charge in [-0.2, -0.15) is 0 Å². The van der Waals surface area contributed by atoms with Crippen LogP contribution < -0.4 is 14.8 Å². The van der Waals surface area contributed by atoms with Crippen LogP contribution in [0.25, 0.3) is 0 Å². The maximum absolute atomic E-state index is 13.1. The standard InChI is InChI=1S/C25H26N2O5S/c1-16-6-3-4-9-23(16)33(30,31)27-24-21-15-19(12-10-17(21)11-13-22(24)28)26-25(29)18-7-5-8-20(14-18)32-2/h3-10,12,14-15,22,24,27-28H,11,13H2,1-2H3,(H,26,29)/t22-,24-/m1/s1. The topological polar surface area (TPSA) is 105 Å². The van der Waals surface area contributed by atoms with E-state index in [0.717, 1.165) is 5.56 Å². The molecule has 3 aromatic rings. The van der Waals surface area contributed by atoms with Gasteiger partial charge in [-0.3, -0.25) is 4.79 Å². The SMILES string of the molecule is COc1cccc(C(=O)Nc2ccc3c(c2)[C@@H](NS(=O)(=O)c2ccccc2C)[C@H](O)CC3)c1. The van der Waals surface area contributed by atoms with Crippen molar-refractivity contribution in [2.24, 2.45) is 0 Å². The summed E-state index contributed by atoms with van der Waals surface area (Å²) >= 11 is 0. The Morgan fingerprint density at radius 2 is 1.85 bits per heavy atom. The monoisotopic (exact) mass is 466 g/mol. The van der Waals surface area contributed by atoms with E-state index in [1.807, 2.05) is 6.07 Å². The van der Waals surface area contributed by atoms with Gasteiger partial charge in [0.25, 0.3) is 5.91 Å². The zero-order valence-corrected chi connectivity index (χ0v) is 19.2. The number of ether oxygens (including phenoxy) is 1. The number of carbonyl (C=O) groups excluding carboxylic acids is 1. The van der Waals surface area contributed by atoms with E-state index < -0.39 is 22.2 Å². The van der Waals surface area contributed by atoms with E-state index >= 15 is 0 Å². The fourth-order valence-electron chi connectivity index (χ4n) is 4.07. The first-order valence-electron chi connectivity index (χ1n) is 10.6. The predicted octanol–water partition coefficient (Wildman–Crippen LogP) is 3.58. The summed E-state index contributed by atoms with van der Waals surface area (Å²) in [5.41, 5.74) is 3.14. The molecule has 0 saturated carbocycles. The van der Waals surface area contributed by atoms with Crippen molar-refractivity contribution in [2.75, 3.05) is 12.4 Å². The van der Waals surface area contributed by atoms with E-state index in [9.17, 15) is 18.3 Å². The molecule has 3 N–H and O–H groups in total. The average molecular weight is 467 g/mol. The molecule has 0 bridgehead atoms.